The molecule has 226 valence electrons. The number of aromatic nitrogens is 8. The molecule has 0 unspecified atom stereocenters. The summed E-state index contributed by atoms with van der Waals surface area (Å²) in [5, 5.41) is 24.7. The van der Waals surface area contributed by atoms with E-state index < -0.39 is 0 Å². The van der Waals surface area contributed by atoms with E-state index in [9.17, 15) is 10.2 Å². The molecule has 2 aliphatic heterocycles. The maximum Gasteiger partial charge on any atom is 0.164 e. The van der Waals surface area contributed by atoms with E-state index in [1.165, 1.54) is 0 Å². The molecule has 0 radical (unpaired) electrons. The molecule has 0 amide bonds. The molecule has 8 aromatic rings. The van der Waals surface area contributed by atoms with E-state index >= 15 is 0 Å². The van der Waals surface area contributed by atoms with Gasteiger partial charge in [0.15, 0.2) is 23.3 Å². The molecule has 10 rings (SSSR count). The molecule has 3 aromatic heterocycles. The van der Waals surface area contributed by atoms with E-state index in [1.807, 2.05) is 91.0 Å². The summed E-state index contributed by atoms with van der Waals surface area (Å²) in [5.41, 5.74) is 6.68. The summed E-state index contributed by atoms with van der Waals surface area (Å²) in [4.78, 5) is 36.9. The SMILES string of the molecule is Oc1cccc(O)c1-c1ccc2c3nc4nc(nc5[nH]c(nc6nc(nc([nH]3)c2c1)-c1ccccc1-6)c1ccccc51)-c1ccccc1-4. The fourth-order valence-corrected chi connectivity index (χ4v) is 6.62. The van der Waals surface area contributed by atoms with Gasteiger partial charge in [-0.2, -0.15) is 0 Å². The molecule has 0 atom stereocenters. The second kappa shape index (κ2) is 9.78. The number of H-pyrrole nitrogens is 2. The van der Waals surface area contributed by atoms with Gasteiger partial charge in [0.05, 0.1) is 5.56 Å². The Morgan fingerprint density at radius 1 is 0.375 bits per heavy atom. The molecule has 4 N–H and O–H groups in total. The first-order chi connectivity index (χ1) is 23.6. The van der Waals surface area contributed by atoms with Crippen LogP contribution in [0.4, 0.5) is 0 Å². The molecule has 10 nitrogen and oxygen atoms in total. The first-order valence-corrected chi connectivity index (χ1v) is 15.3. The van der Waals surface area contributed by atoms with Crippen molar-refractivity contribution in [2.75, 3.05) is 0 Å². The number of phenols is 2. The highest BCUT2D eigenvalue weighted by Crippen LogP contribution is 2.40. The fraction of sp³-hybridized carbons (Fsp3) is 0. The van der Waals surface area contributed by atoms with Crippen molar-refractivity contribution in [1.29, 1.82) is 0 Å². The number of hydrogen-bond donors (Lipinski definition) is 4. The molecule has 8 bridgehead atoms. The lowest BCUT2D eigenvalue weighted by molar-refractivity contribution is 0.454. The number of benzene rings is 5. The zero-order chi connectivity index (χ0) is 31.9. The van der Waals surface area contributed by atoms with Crippen LogP contribution in [0.25, 0.3) is 101 Å². The van der Waals surface area contributed by atoms with Crippen LogP contribution in [0.1, 0.15) is 0 Å². The minimum absolute atomic E-state index is 0.0302. The van der Waals surface area contributed by atoms with Crippen molar-refractivity contribution >= 4 is 44.1 Å². The van der Waals surface area contributed by atoms with Crippen molar-refractivity contribution in [3.63, 3.8) is 0 Å². The number of hydrogen-bond acceptors (Lipinski definition) is 8. The number of nitrogens with one attached hydrogen (secondary N) is 2. The Hall–Kier alpha value is -6.94. The number of aromatic amines is 2. The highest BCUT2D eigenvalue weighted by molar-refractivity contribution is 6.07. The molecule has 5 heterocycles. The first-order valence-electron chi connectivity index (χ1n) is 15.3. The van der Waals surface area contributed by atoms with E-state index in [4.69, 9.17) is 29.9 Å². The third-order valence-electron chi connectivity index (χ3n) is 8.86. The van der Waals surface area contributed by atoms with Crippen molar-refractivity contribution in [3.8, 4) is 68.2 Å². The van der Waals surface area contributed by atoms with Gasteiger partial charge >= 0.3 is 0 Å². The van der Waals surface area contributed by atoms with Crippen LogP contribution in [0.2, 0.25) is 0 Å². The highest BCUT2D eigenvalue weighted by Gasteiger charge is 2.22. The lowest BCUT2D eigenvalue weighted by atomic mass is 10.0. The van der Waals surface area contributed by atoms with Gasteiger partial charge in [-0.15, -0.1) is 0 Å². The summed E-state index contributed by atoms with van der Waals surface area (Å²) < 4.78 is 0. The van der Waals surface area contributed by atoms with Crippen LogP contribution in [0.5, 0.6) is 11.5 Å². The Morgan fingerprint density at radius 3 is 1.23 bits per heavy atom. The summed E-state index contributed by atoms with van der Waals surface area (Å²) in [5.74, 6) is 1.99. The third kappa shape index (κ3) is 3.86. The van der Waals surface area contributed by atoms with Gasteiger partial charge in [-0.1, -0.05) is 84.9 Å². The average Bonchev–Trinajstić information content (AvgIpc) is 3.84. The van der Waals surface area contributed by atoms with Crippen LogP contribution >= 0.6 is 0 Å². The molecular formula is C38H22N8O2. The van der Waals surface area contributed by atoms with Crippen molar-refractivity contribution in [2.24, 2.45) is 0 Å². The number of aromatic hydroxyl groups is 2. The predicted octanol–water partition coefficient (Wildman–Crippen LogP) is 7.95. The van der Waals surface area contributed by atoms with E-state index in [0.717, 1.165) is 43.8 Å². The quantitative estimate of drug-likeness (QED) is 0.144. The van der Waals surface area contributed by atoms with Crippen LogP contribution in [-0.4, -0.2) is 50.1 Å². The van der Waals surface area contributed by atoms with Crippen molar-refractivity contribution in [2.45, 2.75) is 0 Å². The van der Waals surface area contributed by atoms with Crippen LogP contribution in [0, 0.1) is 0 Å². The highest BCUT2D eigenvalue weighted by atomic mass is 16.3. The zero-order valence-corrected chi connectivity index (χ0v) is 25.0. The summed E-state index contributed by atoms with van der Waals surface area (Å²) >= 11 is 0. The Balaban J connectivity index is 1.38. The van der Waals surface area contributed by atoms with E-state index in [2.05, 4.69) is 9.97 Å². The van der Waals surface area contributed by atoms with Crippen LogP contribution in [0.3, 0.4) is 0 Å². The normalized spacial score (nSPS) is 11.9. The molecular weight excluding hydrogens is 600 g/mol. The second-order valence-electron chi connectivity index (χ2n) is 11.7. The van der Waals surface area contributed by atoms with Gasteiger partial charge in [0.1, 0.15) is 34.1 Å². The Labute approximate surface area is 271 Å². The minimum atomic E-state index is -0.0302. The largest absolute Gasteiger partial charge is 0.507 e. The Bertz CT molecular complexity index is 2810. The van der Waals surface area contributed by atoms with E-state index in [1.54, 1.807) is 18.2 Å². The molecule has 0 aliphatic carbocycles. The van der Waals surface area contributed by atoms with Crippen LogP contribution in [0.15, 0.2) is 109 Å². The molecule has 0 saturated carbocycles. The van der Waals surface area contributed by atoms with Gasteiger partial charge < -0.3 is 20.2 Å². The van der Waals surface area contributed by atoms with Gasteiger partial charge in [0, 0.05) is 43.8 Å². The zero-order valence-electron chi connectivity index (χ0n) is 25.0. The maximum atomic E-state index is 10.7. The number of phenolic OH excluding ortho intramolecular Hbond substituents is 2. The van der Waals surface area contributed by atoms with Gasteiger partial charge in [-0.3, -0.25) is 0 Å². The maximum absolute atomic E-state index is 10.7. The summed E-state index contributed by atoms with van der Waals surface area (Å²) in [6.45, 7) is 0. The summed E-state index contributed by atoms with van der Waals surface area (Å²) in [7, 11) is 0. The second-order valence-corrected chi connectivity index (χ2v) is 11.7. The molecule has 0 saturated heterocycles. The Kier molecular flexibility index (Phi) is 5.36. The summed E-state index contributed by atoms with van der Waals surface area (Å²) in [6.07, 6.45) is 0. The average molecular weight is 623 g/mol. The smallest absolute Gasteiger partial charge is 0.164 e. The third-order valence-corrected chi connectivity index (χ3v) is 8.86. The van der Waals surface area contributed by atoms with Crippen LogP contribution in [-0.2, 0) is 0 Å². The van der Waals surface area contributed by atoms with E-state index in [0.29, 0.717) is 57.0 Å². The number of fused-ring (bicyclic) bond motifs is 20. The molecule has 5 aromatic carbocycles. The van der Waals surface area contributed by atoms with Crippen molar-refractivity contribution < 1.29 is 10.2 Å². The standard InChI is InChI=1S/C38H22N8O2/c47-28-14-7-15-29(48)30(28)19-16-17-26-27(18-19)38-45-36-25-13-6-5-12-24(25)34(43-36)41-32-21-9-2-1-8-20(21)31(39-32)40-33-22-10-3-4-11-23(22)35(42-33)44-37(26)46-38/h1-18,47-48H,(H2,39,40,41,42,43,44,45,46). The van der Waals surface area contributed by atoms with Crippen molar-refractivity contribution in [1.82, 2.24) is 39.9 Å². The topological polar surface area (TPSA) is 149 Å². The number of nitrogens with zero attached hydrogens (tertiary/aromatic N) is 6. The Morgan fingerprint density at radius 2 is 0.771 bits per heavy atom. The lowest BCUT2D eigenvalue weighted by Crippen LogP contribution is -1.83. The molecule has 48 heavy (non-hydrogen) atoms. The number of rotatable bonds is 1. The lowest BCUT2D eigenvalue weighted by Gasteiger charge is -2.07. The van der Waals surface area contributed by atoms with Crippen LogP contribution < -0.4 is 0 Å². The van der Waals surface area contributed by atoms with E-state index in [-0.39, 0.29) is 11.5 Å². The van der Waals surface area contributed by atoms with Gasteiger partial charge in [0.2, 0.25) is 0 Å². The monoisotopic (exact) mass is 622 g/mol. The molecule has 0 spiro atoms. The summed E-state index contributed by atoms with van der Waals surface area (Å²) in [6, 6.07) is 34.1. The minimum Gasteiger partial charge on any atom is -0.507 e. The first kappa shape index (κ1) is 26.3. The van der Waals surface area contributed by atoms with Gasteiger partial charge in [-0.05, 0) is 29.8 Å². The van der Waals surface area contributed by atoms with Gasteiger partial charge in [0.25, 0.3) is 0 Å². The van der Waals surface area contributed by atoms with Crippen molar-refractivity contribution in [3.05, 3.63) is 109 Å². The van der Waals surface area contributed by atoms with Gasteiger partial charge in [-0.25, -0.2) is 29.9 Å². The molecule has 10 heteroatoms. The fourth-order valence-electron chi connectivity index (χ4n) is 6.62. The predicted molar refractivity (Wildman–Crippen MR) is 185 cm³/mol. The molecule has 0 fully saturated rings. The molecule has 2 aliphatic rings.